The Morgan fingerprint density at radius 2 is 1.91 bits per heavy atom. The van der Waals surface area contributed by atoms with Gasteiger partial charge in [0, 0.05) is 18.1 Å². The van der Waals surface area contributed by atoms with Gasteiger partial charge in [0.15, 0.2) is 0 Å². The highest BCUT2D eigenvalue weighted by molar-refractivity contribution is 6.04. The van der Waals surface area contributed by atoms with Gasteiger partial charge in [-0.05, 0) is 37.8 Å². The van der Waals surface area contributed by atoms with Crippen molar-refractivity contribution in [1.82, 2.24) is 20.6 Å². The van der Waals surface area contributed by atoms with Crippen molar-refractivity contribution in [3.05, 3.63) is 29.8 Å². The largest absolute Gasteiger partial charge is 0.349 e. The van der Waals surface area contributed by atoms with Crippen molar-refractivity contribution < 1.29 is 9.18 Å². The van der Waals surface area contributed by atoms with Crippen molar-refractivity contribution in [2.24, 2.45) is 0 Å². The number of amides is 1. The molecule has 8 heteroatoms. The number of aromatic nitrogens is 2. The molecule has 2 unspecified atom stereocenters. The van der Waals surface area contributed by atoms with E-state index < -0.39 is 5.82 Å². The number of nitrogens with zero attached hydrogens (tertiary/aromatic N) is 1. The van der Waals surface area contributed by atoms with E-state index in [0.29, 0.717) is 28.7 Å². The molecule has 2 bridgehead atoms. The fourth-order valence-corrected chi connectivity index (χ4v) is 3.63. The molecule has 1 amide bonds. The van der Waals surface area contributed by atoms with Gasteiger partial charge in [-0.3, -0.25) is 4.79 Å². The number of hydrogen-bond acceptors (Lipinski definition) is 3. The Kier molecular flexibility index (Phi) is 5.49. The van der Waals surface area contributed by atoms with Crippen LogP contribution in [0.2, 0.25) is 0 Å². The molecular weight excluding hydrogens is 342 g/mol. The zero-order chi connectivity index (χ0) is 14.4. The second-order valence-electron chi connectivity index (χ2n) is 6.03. The van der Waals surface area contributed by atoms with Crippen molar-refractivity contribution in [1.29, 1.82) is 0 Å². The molecule has 2 fully saturated rings. The predicted molar refractivity (Wildman–Crippen MR) is 91.0 cm³/mol. The molecule has 23 heavy (non-hydrogen) atoms. The van der Waals surface area contributed by atoms with Crippen molar-refractivity contribution in [3.8, 4) is 0 Å². The number of rotatable bonds is 2. The van der Waals surface area contributed by atoms with Crippen molar-refractivity contribution in [2.45, 2.75) is 43.8 Å². The molecule has 3 N–H and O–H groups in total. The number of halogens is 3. The van der Waals surface area contributed by atoms with E-state index in [9.17, 15) is 9.18 Å². The van der Waals surface area contributed by atoms with Crippen LogP contribution in [0, 0.1) is 5.82 Å². The van der Waals surface area contributed by atoms with Crippen LogP contribution >= 0.6 is 24.8 Å². The summed E-state index contributed by atoms with van der Waals surface area (Å²) < 4.78 is 13.6. The summed E-state index contributed by atoms with van der Waals surface area (Å²) in [7, 11) is 0. The van der Waals surface area contributed by atoms with E-state index in [1.807, 2.05) is 0 Å². The number of fused-ring (bicyclic) bond motifs is 3. The fourth-order valence-electron chi connectivity index (χ4n) is 3.63. The lowest BCUT2D eigenvalue weighted by Gasteiger charge is -2.29. The third-order valence-corrected chi connectivity index (χ3v) is 4.54. The summed E-state index contributed by atoms with van der Waals surface area (Å²) in [4.78, 5) is 19.4. The van der Waals surface area contributed by atoms with Crippen LogP contribution in [0.4, 0.5) is 4.39 Å². The van der Waals surface area contributed by atoms with Crippen LogP contribution in [-0.2, 0) is 0 Å². The van der Waals surface area contributed by atoms with Gasteiger partial charge >= 0.3 is 0 Å². The number of aromatic amines is 1. The number of carbonyl (C=O) groups excluding carboxylic acids is 1. The van der Waals surface area contributed by atoms with E-state index >= 15 is 0 Å². The first-order valence-corrected chi connectivity index (χ1v) is 7.38. The average molecular weight is 361 g/mol. The molecule has 0 spiro atoms. The molecule has 0 aliphatic carbocycles. The maximum Gasteiger partial charge on any atom is 0.253 e. The van der Waals surface area contributed by atoms with Gasteiger partial charge < -0.3 is 15.6 Å². The van der Waals surface area contributed by atoms with Crippen molar-refractivity contribution in [2.75, 3.05) is 0 Å². The molecular formula is C15H19Cl2FN4O. The van der Waals surface area contributed by atoms with Crippen LogP contribution in [0.1, 0.15) is 36.0 Å². The van der Waals surface area contributed by atoms with E-state index in [1.165, 1.54) is 31.3 Å². The normalized spacial score (nSPS) is 25.5. The third kappa shape index (κ3) is 3.44. The molecule has 5 nitrogen and oxygen atoms in total. The monoisotopic (exact) mass is 360 g/mol. The summed E-state index contributed by atoms with van der Waals surface area (Å²) in [5.74, 6) is -0.666. The number of piperidine rings is 1. The lowest BCUT2D eigenvalue weighted by molar-refractivity contribution is 0.0925. The van der Waals surface area contributed by atoms with E-state index in [-0.39, 0.29) is 36.8 Å². The number of H-pyrrole nitrogens is 1. The Balaban J connectivity index is 0.000000960. The number of nitrogens with one attached hydrogen (secondary N) is 3. The Morgan fingerprint density at radius 1 is 1.22 bits per heavy atom. The summed E-state index contributed by atoms with van der Waals surface area (Å²) in [5, 5.41) is 6.58. The van der Waals surface area contributed by atoms with Gasteiger partial charge in [-0.15, -0.1) is 24.8 Å². The van der Waals surface area contributed by atoms with Crippen molar-refractivity contribution >= 4 is 41.8 Å². The maximum atomic E-state index is 13.6. The SMILES string of the molecule is Cl.Cl.O=C(NC1CC2CCC(C1)N2)c1cc(F)cc2[nH]cnc12. The van der Waals surface area contributed by atoms with Gasteiger partial charge in [-0.1, -0.05) is 0 Å². The second kappa shape index (κ2) is 7.03. The zero-order valence-corrected chi connectivity index (χ0v) is 14.0. The molecule has 3 heterocycles. The van der Waals surface area contributed by atoms with Crippen LogP contribution in [0.15, 0.2) is 18.5 Å². The molecule has 2 aromatic rings. The van der Waals surface area contributed by atoms with E-state index in [2.05, 4.69) is 20.6 Å². The Bertz CT molecular complexity index is 696. The van der Waals surface area contributed by atoms with Crippen LogP contribution in [0.25, 0.3) is 11.0 Å². The number of carbonyl (C=O) groups is 1. The molecule has 1 aromatic heterocycles. The molecule has 2 aliphatic rings. The zero-order valence-electron chi connectivity index (χ0n) is 12.3. The van der Waals surface area contributed by atoms with Gasteiger partial charge in [0.1, 0.15) is 11.3 Å². The Morgan fingerprint density at radius 3 is 2.61 bits per heavy atom. The standard InChI is InChI=1S/C15H17FN4O.2ClH/c16-8-3-12(14-13(4-8)17-7-18-14)15(21)20-11-5-9-1-2-10(6-11)19-9;;/h3-4,7,9-11,19H,1-2,5-6H2,(H,17,18)(H,20,21);2*1H. The van der Waals surface area contributed by atoms with Gasteiger partial charge in [-0.2, -0.15) is 0 Å². The summed E-state index contributed by atoms with van der Waals surface area (Å²) in [6.45, 7) is 0. The van der Waals surface area contributed by atoms with Gasteiger partial charge in [0.2, 0.25) is 0 Å². The van der Waals surface area contributed by atoms with Crippen LogP contribution in [0.3, 0.4) is 0 Å². The minimum Gasteiger partial charge on any atom is -0.349 e. The molecule has 4 rings (SSSR count). The molecule has 0 saturated carbocycles. The van der Waals surface area contributed by atoms with E-state index in [1.54, 1.807) is 0 Å². The highest BCUT2D eigenvalue weighted by Crippen LogP contribution is 2.27. The molecule has 2 atom stereocenters. The Hall–Kier alpha value is -1.37. The fraction of sp³-hybridized carbons (Fsp3) is 0.467. The van der Waals surface area contributed by atoms with Gasteiger partial charge in [-0.25, -0.2) is 9.37 Å². The van der Waals surface area contributed by atoms with Crippen LogP contribution in [0.5, 0.6) is 0 Å². The topological polar surface area (TPSA) is 69.8 Å². The van der Waals surface area contributed by atoms with Gasteiger partial charge in [0.05, 0.1) is 17.4 Å². The maximum absolute atomic E-state index is 13.6. The number of hydrogen-bond donors (Lipinski definition) is 3. The molecule has 1 aromatic carbocycles. The van der Waals surface area contributed by atoms with Gasteiger partial charge in [0.25, 0.3) is 5.91 Å². The number of benzene rings is 1. The minimum absolute atomic E-state index is 0. The summed E-state index contributed by atoms with van der Waals surface area (Å²) >= 11 is 0. The predicted octanol–water partition coefficient (Wildman–Crippen LogP) is 2.56. The molecule has 2 saturated heterocycles. The average Bonchev–Trinajstić information content (AvgIpc) is 3.04. The Labute approximate surface area is 145 Å². The lowest BCUT2D eigenvalue weighted by Crippen LogP contribution is -2.48. The first-order chi connectivity index (χ1) is 10.2. The summed E-state index contributed by atoms with van der Waals surface area (Å²) in [5.41, 5.74) is 1.37. The smallest absolute Gasteiger partial charge is 0.253 e. The first-order valence-electron chi connectivity index (χ1n) is 7.38. The van der Waals surface area contributed by atoms with Crippen LogP contribution in [-0.4, -0.2) is 34.0 Å². The minimum atomic E-state index is -0.428. The second-order valence-corrected chi connectivity index (χ2v) is 6.03. The third-order valence-electron chi connectivity index (χ3n) is 4.54. The lowest BCUT2D eigenvalue weighted by atomic mass is 9.99. The first kappa shape index (κ1) is 18.0. The molecule has 2 aliphatic heterocycles. The molecule has 0 radical (unpaired) electrons. The quantitative estimate of drug-likeness (QED) is 0.770. The summed E-state index contributed by atoms with van der Waals surface area (Å²) in [6, 6.07) is 3.78. The molecule has 126 valence electrons. The summed E-state index contributed by atoms with van der Waals surface area (Å²) in [6.07, 6.45) is 5.73. The highest BCUT2D eigenvalue weighted by Gasteiger charge is 2.34. The van der Waals surface area contributed by atoms with Crippen LogP contribution < -0.4 is 10.6 Å². The number of imidazole rings is 1. The highest BCUT2D eigenvalue weighted by atomic mass is 35.5. The van der Waals surface area contributed by atoms with E-state index in [4.69, 9.17) is 0 Å². The van der Waals surface area contributed by atoms with E-state index in [0.717, 1.165) is 12.8 Å². The van der Waals surface area contributed by atoms with Crippen molar-refractivity contribution in [3.63, 3.8) is 0 Å².